The lowest BCUT2D eigenvalue weighted by molar-refractivity contribution is 0.307. The molecule has 0 saturated heterocycles. The number of anilines is 1. The predicted molar refractivity (Wildman–Crippen MR) is 73.5 cm³/mol. The van der Waals surface area contributed by atoms with Crippen LogP contribution in [0.2, 0.25) is 0 Å². The number of hydrogen-bond acceptors (Lipinski definition) is 4. The smallest absolute Gasteiger partial charge is 0.231 e. The number of ether oxygens (including phenoxy) is 1. The summed E-state index contributed by atoms with van der Waals surface area (Å²) in [4.78, 5) is 3.96. The van der Waals surface area contributed by atoms with Crippen molar-refractivity contribution in [1.29, 1.82) is 0 Å². The van der Waals surface area contributed by atoms with Crippen LogP contribution in [0.1, 0.15) is 5.56 Å². The lowest BCUT2D eigenvalue weighted by Gasteiger charge is -2.10. The van der Waals surface area contributed by atoms with Crippen molar-refractivity contribution in [3.63, 3.8) is 0 Å². The predicted octanol–water partition coefficient (Wildman–Crippen LogP) is 2.03. The molecule has 0 aliphatic rings. The van der Waals surface area contributed by atoms with Crippen molar-refractivity contribution in [1.82, 2.24) is 4.98 Å². The normalized spacial score (nSPS) is 11.0. The van der Waals surface area contributed by atoms with Crippen LogP contribution < -0.4 is 9.46 Å². The van der Waals surface area contributed by atoms with Gasteiger partial charge in [0.25, 0.3) is 0 Å². The Hall–Kier alpha value is -2.08. The van der Waals surface area contributed by atoms with E-state index in [1.165, 1.54) is 6.20 Å². The Balaban J connectivity index is 2.12. The average molecular weight is 278 g/mol. The van der Waals surface area contributed by atoms with Crippen molar-refractivity contribution in [2.24, 2.45) is 0 Å². The third-order valence-corrected chi connectivity index (χ3v) is 2.85. The lowest BCUT2D eigenvalue weighted by Crippen LogP contribution is -2.12. The minimum atomic E-state index is -3.38. The van der Waals surface area contributed by atoms with E-state index < -0.39 is 10.0 Å². The topological polar surface area (TPSA) is 68.3 Å². The zero-order chi connectivity index (χ0) is 13.7. The number of pyridine rings is 1. The summed E-state index contributed by atoms with van der Waals surface area (Å²) in [5, 5.41) is 0. The molecule has 0 fully saturated rings. The Morgan fingerprint density at radius 1 is 1.16 bits per heavy atom. The minimum Gasteiger partial charge on any atom is -0.485 e. The van der Waals surface area contributed by atoms with Gasteiger partial charge in [0.1, 0.15) is 6.61 Å². The molecule has 1 aromatic heterocycles. The first-order valence-electron chi connectivity index (χ1n) is 5.64. The molecule has 0 bridgehead atoms. The first-order valence-corrected chi connectivity index (χ1v) is 7.53. The summed E-state index contributed by atoms with van der Waals surface area (Å²) < 4.78 is 30.3. The molecule has 5 nitrogen and oxygen atoms in total. The monoisotopic (exact) mass is 278 g/mol. The summed E-state index contributed by atoms with van der Waals surface area (Å²) >= 11 is 0. The van der Waals surface area contributed by atoms with Crippen molar-refractivity contribution in [2.45, 2.75) is 6.61 Å². The van der Waals surface area contributed by atoms with Crippen LogP contribution in [-0.4, -0.2) is 19.7 Å². The zero-order valence-electron chi connectivity index (χ0n) is 10.4. The molecule has 0 unspecified atom stereocenters. The van der Waals surface area contributed by atoms with Gasteiger partial charge in [0.2, 0.25) is 10.0 Å². The molecule has 100 valence electrons. The van der Waals surface area contributed by atoms with Crippen LogP contribution >= 0.6 is 0 Å². The maximum atomic E-state index is 11.2. The number of aromatic nitrogens is 1. The second kappa shape index (κ2) is 5.71. The number of benzene rings is 1. The molecule has 0 saturated carbocycles. The van der Waals surface area contributed by atoms with Gasteiger partial charge in [-0.1, -0.05) is 30.3 Å². The van der Waals surface area contributed by atoms with Gasteiger partial charge >= 0.3 is 0 Å². The molecule has 19 heavy (non-hydrogen) atoms. The van der Waals surface area contributed by atoms with Crippen molar-refractivity contribution in [3.8, 4) is 5.75 Å². The molecule has 0 aliphatic carbocycles. The van der Waals surface area contributed by atoms with E-state index in [0.29, 0.717) is 12.4 Å². The van der Waals surface area contributed by atoms with Gasteiger partial charge in [-0.2, -0.15) is 0 Å². The van der Waals surface area contributed by atoms with E-state index in [0.717, 1.165) is 11.8 Å². The largest absolute Gasteiger partial charge is 0.485 e. The Bertz CT molecular complexity index is 642. The molecule has 0 atom stereocenters. The third kappa shape index (κ3) is 4.26. The van der Waals surface area contributed by atoms with E-state index in [1.54, 1.807) is 12.1 Å². The third-order valence-electron chi connectivity index (χ3n) is 2.29. The van der Waals surface area contributed by atoms with E-state index in [-0.39, 0.29) is 5.82 Å². The molecule has 6 heteroatoms. The van der Waals surface area contributed by atoms with Crippen LogP contribution in [0, 0.1) is 0 Å². The summed E-state index contributed by atoms with van der Waals surface area (Å²) in [5.41, 5.74) is 0.997. The van der Waals surface area contributed by atoms with E-state index in [9.17, 15) is 8.42 Å². The SMILES string of the molecule is CS(=O)(=O)Nc1ncccc1OCc1ccccc1. The van der Waals surface area contributed by atoms with Gasteiger partial charge in [0.05, 0.1) is 6.26 Å². The minimum absolute atomic E-state index is 0.195. The fraction of sp³-hybridized carbons (Fsp3) is 0.154. The highest BCUT2D eigenvalue weighted by atomic mass is 32.2. The van der Waals surface area contributed by atoms with E-state index in [4.69, 9.17) is 4.74 Å². The van der Waals surface area contributed by atoms with E-state index in [1.807, 2.05) is 30.3 Å². The van der Waals surface area contributed by atoms with Gasteiger partial charge in [-0.15, -0.1) is 0 Å². The molecular weight excluding hydrogens is 264 g/mol. The second-order valence-corrected chi connectivity index (χ2v) is 5.75. The van der Waals surface area contributed by atoms with Crippen LogP contribution in [0.4, 0.5) is 5.82 Å². The molecule has 1 N–H and O–H groups in total. The van der Waals surface area contributed by atoms with Crippen LogP contribution in [0.3, 0.4) is 0 Å². The van der Waals surface area contributed by atoms with Crippen LogP contribution in [0.25, 0.3) is 0 Å². The second-order valence-electron chi connectivity index (χ2n) is 4.00. The Kier molecular flexibility index (Phi) is 4.01. The van der Waals surface area contributed by atoms with Gasteiger partial charge in [0, 0.05) is 6.20 Å². The molecule has 0 spiro atoms. The van der Waals surface area contributed by atoms with Crippen molar-refractivity contribution >= 4 is 15.8 Å². The Morgan fingerprint density at radius 2 is 1.89 bits per heavy atom. The van der Waals surface area contributed by atoms with Gasteiger partial charge in [-0.3, -0.25) is 4.72 Å². The number of nitrogens with zero attached hydrogens (tertiary/aromatic N) is 1. The standard InChI is InChI=1S/C13H14N2O3S/c1-19(16,17)15-13-12(8-5-9-14-13)18-10-11-6-3-2-4-7-11/h2-9H,10H2,1H3,(H,14,15). The maximum Gasteiger partial charge on any atom is 0.231 e. The molecule has 2 rings (SSSR count). The Labute approximate surface area is 112 Å². The number of nitrogens with one attached hydrogen (secondary N) is 1. The summed E-state index contributed by atoms with van der Waals surface area (Å²) in [6.45, 7) is 0.352. The first kappa shape index (κ1) is 13.4. The van der Waals surface area contributed by atoms with Gasteiger partial charge < -0.3 is 4.74 Å². The molecule has 0 amide bonds. The molecule has 2 aromatic rings. The first-order chi connectivity index (χ1) is 9.04. The summed E-state index contributed by atoms with van der Waals surface area (Å²) in [5.74, 6) is 0.595. The van der Waals surface area contributed by atoms with Crippen molar-refractivity contribution in [3.05, 3.63) is 54.2 Å². The quantitative estimate of drug-likeness (QED) is 0.908. The molecule has 0 radical (unpaired) electrons. The van der Waals surface area contributed by atoms with E-state index in [2.05, 4.69) is 9.71 Å². The van der Waals surface area contributed by atoms with Gasteiger partial charge in [-0.25, -0.2) is 13.4 Å². The highest BCUT2D eigenvalue weighted by Crippen LogP contribution is 2.22. The molecule has 1 heterocycles. The number of rotatable bonds is 5. The zero-order valence-corrected chi connectivity index (χ0v) is 11.2. The fourth-order valence-corrected chi connectivity index (χ4v) is 2.00. The van der Waals surface area contributed by atoms with Gasteiger partial charge in [-0.05, 0) is 17.7 Å². The van der Waals surface area contributed by atoms with Crippen LogP contribution in [0.15, 0.2) is 48.7 Å². The van der Waals surface area contributed by atoms with Crippen molar-refractivity contribution < 1.29 is 13.2 Å². The van der Waals surface area contributed by atoms with E-state index >= 15 is 0 Å². The summed E-state index contributed by atoms with van der Waals surface area (Å²) in [6.07, 6.45) is 2.57. The highest BCUT2D eigenvalue weighted by molar-refractivity contribution is 7.92. The summed E-state index contributed by atoms with van der Waals surface area (Å²) in [6, 6.07) is 13.0. The van der Waals surface area contributed by atoms with Crippen LogP contribution in [0.5, 0.6) is 5.75 Å². The highest BCUT2D eigenvalue weighted by Gasteiger charge is 2.09. The van der Waals surface area contributed by atoms with Crippen molar-refractivity contribution in [2.75, 3.05) is 11.0 Å². The maximum absolute atomic E-state index is 11.2. The summed E-state index contributed by atoms with van der Waals surface area (Å²) in [7, 11) is -3.38. The van der Waals surface area contributed by atoms with Crippen LogP contribution in [-0.2, 0) is 16.6 Å². The fourth-order valence-electron chi connectivity index (χ4n) is 1.49. The Morgan fingerprint density at radius 3 is 2.58 bits per heavy atom. The lowest BCUT2D eigenvalue weighted by atomic mass is 10.2. The average Bonchev–Trinajstić information content (AvgIpc) is 2.37. The molecule has 1 aromatic carbocycles. The molecular formula is C13H14N2O3S. The molecule has 0 aliphatic heterocycles. The van der Waals surface area contributed by atoms with Gasteiger partial charge in [0.15, 0.2) is 11.6 Å². The number of hydrogen-bond donors (Lipinski definition) is 1. The number of sulfonamides is 1.